The molecule has 0 fully saturated rings. The monoisotopic (exact) mass is 339 g/mol. The number of halogens is 4. The highest BCUT2D eigenvalue weighted by molar-refractivity contribution is 9.10. The van der Waals surface area contributed by atoms with Crippen LogP contribution in [0.5, 0.6) is 0 Å². The first-order valence-corrected chi connectivity index (χ1v) is 6.81. The molecule has 0 spiro atoms. The Labute approximate surface area is 119 Å². The summed E-state index contributed by atoms with van der Waals surface area (Å²) >= 11 is 3.07. The van der Waals surface area contributed by atoms with Crippen molar-refractivity contribution in [3.8, 4) is 0 Å². The SMILES string of the molecule is CCCOCC(NC)c1ccc(Br)cc1C(F)(F)F. The van der Waals surface area contributed by atoms with E-state index in [0.717, 1.165) is 12.5 Å². The lowest BCUT2D eigenvalue weighted by Gasteiger charge is -2.21. The van der Waals surface area contributed by atoms with Crippen molar-refractivity contribution >= 4 is 15.9 Å². The second-order valence-corrected chi connectivity index (χ2v) is 5.06. The average molecular weight is 340 g/mol. The van der Waals surface area contributed by atoms with Crippen molar-refractivity contribution in [2.75, 3.05) is 20.3 Å². The van der Waals surface area contributed by atoms with Crippen molar-refractivity contribution in [1.29, 1.82) is 0 Å². The number of hydrogen-bond acceptors (Lipinski definition) is 2. The minimum atomic E-state index is -4.38. The molecule has 1 atom stereocenters. The lowest BCUT2D eigenvalue weighted by molar-refractivity contribution is -0.138. The molecule has 6 heteroatoms. The predicted molar refractivity (Wildman–Crippen MR) is 72.1 cm³/mol. The molecule has 0 radical (unpaired) electrons. The average Bonchev–Trinajstić information content (AvgIpc) is 2.34. The lowest BCUT2D eigenvalue weighted by atomic mass is 10.0. The van der Waals surface area contributed by atoms with Gasteiger partial charge in [0.1, 0.15) is 0 Å². The second-order valence-electron chi connectivity index (χ2n) is 4.15. The molecule has 1 aromatic rings. The van der Waals surface area contributed by atoms with Crippen LogP contribution < -0.4 is 5.32 Å². The summed E-state index contributed by atoms with van der Waals surface area (Å²) in [7, 11) is 1.63. The largest absolute Gasteiger partial charge is 0.416 e. The zero-order valence-corrected chi connectivity index (χ0v) is 12.4. The minimum absolute atomic E-state index is 0.203. The third-order valence-electron chi connectivity index (χ3n) is 2.68. The van der Waals surface area contributed by atoms with E-state index >= 15 is 0 Å². The van der Waals surface area contributed by atoms with Crippen molar-refractivity contribution < 1.29 is 17.9 Å². The Kier molecular flexibility index (Phi) is 6.29. The van der Waals surface area contributed by atoms with Crippen molar-refractivity contribution in [2.24, 2.45) is 0 Å². The van der Waals surface area contributed by atoms with E-state index in [1.54, 1.807) is 13.1 Å². The molecular weight excluding hydrogens is 323 g/mol. The first-order valence-electron chi connectivity index (χ1n) is 6.01. The topological polar surface area (TPSA) is 21.3 Å². The minimum Gasteiger partial charge on any atom is -0.379 e. The predicted octanol–water partition coefficient (Wildman–Crippen LogP) is 4.16. The van der Waals surface area contributed by atoms with Crippen LogP contribution in [0.15, 0.2) is 22.7 Å². The highest BCUT2D eigenvalue weighted by Gasteiger charge is 2.35. The zero-order valence-electron chi connectivity index (χ0n) is 10.9. The number of likely N-dealkylation sites (N-methyl/N-ethyl adjacent to an activating group) is 1. The highest BCUT2D eigenvalue weighted by Crippen LogP contribution is 2.36. The summed E-state index contributed by atoms with van der Waals surface area (Å²) in [6.07, 6.45) is -3.54. The van der Waals surface area contributed by atoms with Gasteiger partial charge in [0, 0.05) is 11.1 Å². The number of ether oxygens (including phenoxy) is 1. The van der Waals surface area contributed by atoms with Gasteiger partial charge in [-0.05, 0) is 31.2 Å². The van der Waals surface area contributed by atoms with E-state index in [1.807, 2.05) is 6.92 Å². The van der Waals surface area contributed by atoms with Gasteiger partial charge in [-0.1, -0.05) is 28.9 Å². The summed E-state index contributed by atoms with van der Waals surface area (Å²) in [5, 5.41) is 2.87. The van der Waals surface area contributed by atoms with Crippen LogP contribution in [0.2, 0.25) is 0 Å². The van der Waals surface area contributed by atoms with Gasteiger partial charge in [0.25, 0.3) is 0 Å². The fourth-order valence-corrected chi connectivity index (χ4v) is 2.11. The van der Waals surface area contributed by atoms with Crippen LogP contribution in [0.25, 0.3) is 0 Å². The highest BCUT2D eigenvalue weighted by atomic mass is 79.9. The third kappa shape index (κ3) is 4.78. The second kappa shape index (κ2) is 7.26. The smallest absolute Gasteiger partial charge is 0.379 e. The van der Waals surface area contributed by atoms with Gasteiger partial charge >= 0.3 is 6.18 Å². The Morgan fingerprint density at radius 1 is 1.37 bits per heavy atom. The van der Waals surface area contributed by atoms with E-state index in [9.17, 15) is 13.2 Å². The molecule has 0 saturated carbocycles. The molecule has 1 rings (SSSR count). The Morgan fingerprint density at radius 2 is 2.05 bits per heavy atom. The lowest BCUT2D eigenvalue weighted by Crippen LogP contribution is -2.25. The molecule has 1 N–H and O–H groups in total. The number of alkyl halides is 3. The van der Waals surface area contributed by atoms with Crippen LogP contribution in [0.4, 0.5) is 13.2 Å². The van der Waals surface area contributed by atoms with Crippen molar-refractivity contribution in [3.63, 3.8) is 0 Å². The standard InChI is InChI=1S/C13H17BrF3NO/c1-3-6-19-8-12(18-2)10-5-4-9(14)7-11(10)13(15,16)17/h4-5,7,12,18H,3,6,8H2,1-2H3. The zero-order chi connectivity index (χ0) is 14.5. The molecule has 1 aromatic carbocycles. The Bertz CT molecular complexity index is 409. The first kappa shape index (κ1) is 16.5. The van der Waals surface area contributed by atoms with E-state index in [4.69, 9.17) is 4.74 Å². The van der Waals surface area contributed by atoms with Crippen LogP contribution >= 0.6 is 15.9 Å². The van der Waals surface area contributed by atoms with E-state index in [2.05, 4.69) is 21.2 Å². The van der Waals surface area contributed by atoms with Crippen molar-refractivity contribution in [2.45, 2.75) is 25.6 Å². The molecule has 0 aromatic heterocycles. The summed E-state index contributed by atoms with van der Waals surface area (Å²) in [6, 6.07) is 3.70. The van der Waals surface area contributed by atoms with E-state index in [-0.39, 0.29) is 12.2 Å². The Balaban J connectivity index is 3.02. The van der Waals surface area contributed by atoms with Crippen LogP contribution in [0, 0.1) is 0 Å². The molecular formula is C13H17BrF3NO. The molecule has 2 nitrogen and oxygen atoms in total. The van der Waals surface area contributed by atoms with E-state index in [0.29, 0.717) is 11.1 Å². The van der Waals surface area contributed by atoms with Crippen molar-refractivity contribution in [3.05, 3.63) is 33.8 Å². The maximum Gasteiger partial charge on any atom is 0.416 e. The molecule has 0 amide bonds. The van der Waals surface area contributed by atoms with Crippen LogP contribution in [-0.4, -0.2) is 20.3 Å². The van der Waals surface area contributed by atoms with Gasteiger partial charge in [0.05, 0.1) is 18.2 Å². The summed E-state index contributed by atoms with van der Waals surface area (Å²) < 4.78 is 44.8. The number of nitrogens with one attached hydrogen (secondary N) is 1. The molecule has 1 unspecified atom stereocenters. The Morgan fingerprint density at radius 3 is 2.58 bits per heavy atom. The van der Waals surface area contributed by atoms with Crippen LogP contribution in [0.1, 0.15) is 30.5 Å². The summed E-state index contributed by atoms with van der Waals surface area (Å²) in [5.41, 5.74) is -0.435. The van der Waals surface area contributed by atoms with Crippen LogP contribution in [-0.2, 0) is 10.9 Å². The summed E-state index contributed by atoms with van der Waals surface area (Å²) in [5.74, 6) is 0. The third-order valence-corrected chi connectivity index (χ3v) is 3.17. The van der Waals surface area contributed by atoms with E-state index in [1.165, 1.54) is 6.07 Å². The number of rotatable bonds is 6. The van der Waals surface area contributed by atoms with Gasteiger partial charge in [-0.2, -0.15) is 13.2 Å². The number of hydrogen-bond donors (Lipinski definition) is 1. The fourth-order valence-electron chi connectivity index (χ4n) is 1.75. The normalized spacial score (nSPS) is 13.6. The van der Waals surface area contributed by atoms with Gasteiger partial charge in [-0.25, -0.2) is 0 Å². The van der Waals surface area contributed by atoms with Crippen LogP contribution in [0.3, 0.4) is 0 Å². The van der Waals surface area contributed by atoms with Gasteiger partial charge in [-0.15, -0.1) is 0 Å². The van der Waals surface area contributed by atoms with Gasteiger partial charge < -0.3 is 10.1 Å². The maximum absolute atomic E-state index is 13.0. The molecule has 0 heterocycles. The Hall–Kier alpha value is -0.590. The molecule has 19 heavy (non-hydrogen) atoms. The molecule has 108 valence electrons. The number of benzene rings is 1. The molecule has 0 aliphatic carbocycles. The first-order chi connectivity index (χ1) is 8.90. The maximum atomic E-state index is 13.0. The van der Waals surface area contributed by atoms with E-state index < -0.39 is 17.8 Å². The van der Waals surface area contributed by atoms with Gasteiger partial charge in [0.2, 0.25) is 0 Å². The van der Waals surface area contributed by atoms with Gasteiger partial charge in [0.15, 0.2) is 0 Å². The molecule has 0 aliphatic heterocycles. The molecule has 0 bridgehead atoms. The quantitative estimate of drug-likeness (QED) is 0.786. The molecule has 0 saturated heterocycles. The molecule has 0 aliphatic rings. The van der Waals surface area contributed by atoms with Gasteiger partial charge in [-0.3, -0.25) is 0 Å². The summed E-state index contributed by atoms with van der Waals surface area (Å²) in [4.78, 5) is 0. The van der Waals surface area contributed by atoms with Crippen molar-refractivity contribution in [1.82, 2.24) is 5.32 Å². The fraction of sp³-hybridized carbons (Fsp3) is 0.538. The summed E-state index contributed by atoms with van der Waals surface area (Å²) in [6.45, 7) is 2.71.